The minimum atomic E-state index is -3.71. The number of nitrogens with one attached hydrogen (secondary N) is 1. The SMILES string of the molecule is CCNC(=O)C(CC)N(Cc1ccccc1C)C(=O)CN(c1ccccc1)S(C)(=O)=O. The molecule has 2 aromatic rings. The molecule has 168 valence electrons. The fourth-order valence-corrected chi connectivity index (χ4v) is 4.24. The molecule has 1 unspecified atom stereocenters. The molecule has 1 N–H and O–H groups in total. The average molecular weight is 446 g/mol. The van der Waals surface area contributed by atoms with Crippen molar-refractivity contribution in [1.82, 2.24) is 10.2 Å². The van der Waals surface area contributed by atoms with Crippen LogP contribution in [0.2, 0.25) is 0 Å². The molecule has 0 aromatic heterocycles. The van der Waals surface area contributed by atoms with E-state index in [0.717, 1.165) is 21.7 Å². The second kappa shape index (κ2) is 10.9. The highest BCUT2D eigenvalue weighted by Crippen LogP contribution is 2.20. The summed E-state index contributed by atoms with van der Waals surface area (Å²) in [5.41, 5.74) is 2.30. The fraction of sp³-hybridized carbons (Fsp3) is 0.391. The van der Waals surface area contributed by atoms with Crippen molar-refractivity contribution in [2.24, 2.45) is 0 Å². The van der Waals surface area contributed by atoms with Crippen molar-refractivity contribution < 1.29 is 18.0 Å². The van der Waals surface area contributed by atoms with Crippen molar-refractivity contribution in [3.05, 3.63) is 65.7 Å². The zero-order valence-corrected chi connectivity index (χ0v) is 19.4. The second-order valence-corrected chi connectivity index (χ2v) is 9.28. The lowest BCUT2D eigenvalue weighted by Gasteiger charge is -2.33. The molecule has 0 saturated heterocycles. The number of hydrogen-bond donors (Lipinski definition) is 1. The van der Waals surface area contributed by atoms with Crippen molar-refractivity contribution in [3.63, 3.8) is 0 Å². The molecule has 8 heteroatoms. The van der Waals surface area contributed by atoms with Gasteiger partial charge in [0.1, 0.15) is 12.6 Å². The van der Waals surface area contributed by atoms with Crippen LogP contribution in [0.5, 0.6) is 0 Å². The van der Waals surface area contributed by atoms with Gasteiger partial charge in [0.25, 0.3) is 0 Å². The van der Waals surface area contributed by atoms with Gasteiger partial charge in [-0.1, -0.05) is 49.4 Å². The quantitative estimate of drug-likeness (QED) is 0.609. The number of likely N-dealkylation sites (N-methyl/N-ethyl adjacent to an activating group) is 1. The Kier molecular flexibility index (Phi) is 8.62. The third kappa shape index (κ3) is 6.55. The Bertz CT molecular complexity index is 993. The van der Waals surface area contributed by atoms with Gasteiger partial charge < -0.3 is 10.2 Å². The van der Waals surface area contributed by atoms with Crippen LogP contribution in [0.4, 0.5) is 5.69 Å². The van der Waals surface area contributed by atoms with Crippen LogP contribution in [-0.4, -0.2) is 50.5 Å². The van der Waals surface area contributed by atoms with E-state index >= 15 is 0 Å². The number of nitrogens with zero attached hydrogens (tertiary/aromatic N) is 2. The van der Waals surface area contributed by atoms with E-state index in [-0.39, 0.29) is 19.0 Å². The summed E-state index contributed by atoms with van der Waals surface area (Å²) >= 11 is 0. The molecule has 1 atom stereocenters. The smallest absolute Gasteiger partial charge is 0.244 e. The first-order valence-electron chi connectivity index (χ1n) is 10.3. The van der Waals surface area contributed by atoms with Crippen molar-refractivity contribution in [3.8, 4) is 0 Å². The van der Waals surface area contributed by atoms with Gasteiger partial charge in [0.15, 0.2) is 0 Å². The number of amides is 2. The predicted octanol–water partition coefficient (Wildman–Crippen LogP) is 2.70. The van der Waals surface area contributed by atoms with Crippen LogP contribution in [0, 0.1) is 6.92 Å². The van der Waals surface area contributed by atoms with Crippen LogP contribution in [0.1, 0.15) is 31.4 Å². The van der Waals surface area contributed by atoms with Gasteiger partial charge in [-0.25, -0.2) is 8.42 Å². The number of benzene rings is 2. The normalized spacial score (nSPS) is 12.1. The number of anilines is 1. The number of sulfonamides is 1. The topological polar surface area (TPSA) is 86.8 Å². The lowest BCUT2D eigenvalue weighted by atomic mass is 10.1. The van der Waals surface area contributed by atoms with E-state index in [1.807, 2.05) is 45.0 Å². The van der Waals surface area contributed by atoms with Crippen LogP contribution in [0.15, 0.2) is 54.6 Å². The Hall–Kier alpha value is -2.87. The first kappa shape index (κ1) is 24.4. The first-order chi connectivity index (χ1) is 14.7. The maximum atomic E-state index is 13.4. The monoisotopic (exact) mass is 445 g/mol. The van der Waals surface area contributed by atoms with Gasteiger partial charge in [0, 0.05) is 13.1 Å². The van der Waals surface area contributed by atoms with Crippen LogP contribution in [0.3, 0.4) is 0 Å². The predicted molar refractivity (Wildman–Crippen MR) is 123 cm³/mol. The summed E-state index contributed by atoms with van der Waals surface area (Å²) in [6, 6.07) is 15.4. The molecule has 0 bridgehead atoms. The van der Waals surface area contributed by atoms with Gasteiger partial charge >= 0.3 is 0 Å². The molecule has 0 spiro atoms. The molecule has 0 fully saturated rings. The summed E-state index contributed by atoms with van der Waals surface area (Å²) in [5.74, 6) is -0.687. The number of para-hydroxylation sites is 1. The molecular formula is C23H31N3O4S. The summed E-state index contributed by atoms with van der Waals surface area (Å²) in [6.45, 7) is 5.87. The zero-order valence-electron chi connectivity index (χ0n) is 18.5. The second-order valence-electron chi connectivity index (χ2n) is 7.37. The van der Waals surface area contributed by atoms with Crippen molar-refractivity contribution in [1.29, 1.82) is 0 Å². The van der Waals surface area contributed by atoms with Crippen LogP contribution in [-0.2, 0) is 26.2 Å². The van der Waals surface area contributed by atoms with E-state index in [4.69, 9.17) is 0 Å². The standard InChI is InChI=1S/C23H31N3O4S/c1-5-21(23(28)24-6-2)25(16-19-13-11-10-12-18(19)3)22(27)17-26(31(4,29)30)20-14-8-7-9-15-20/h7-15,21H,5-6,16-17H2,1-4H3,(H,24,28). The molecule has 0 aliphatic heterocycles. The van der Waals surface area contributed by atoms with Crippen molar-refractivity contribution in [2.75, 3.05) is 23.7 Å². The lowest BCUT2D eigenvalue weighted by Crippen LogP contribution is -2.52. The maximum Gasteiger partial charge on any atom is 0.244 e. The van der Waals surface area contributed by atoms with Gasteiger partial charge in [-0.15, -0.1) is 0 Å². The first-order valence-corrected chi connectivity index (χ1v) is 12.2. The summed E-state index contributed by atoms with van der Waals surface area (Å²) in [4.78, 5) is 27.6. The minimum absolute atomic E-state index is 0.216. The molecule has 0 aliphatic carbocycles. The summed E-state index contributed by atoms with van der Waals surface area (Å²) in [5, 5.41) is 2.78. The van der Waals surface area contributed by atoms with Gasteiger partial charge in [-0.3, -0.25) is 13.9 Å². The molecule has 7 nitrogen and oxygen atoms in total. The molecule has 2 rings (SSSR count). The third-order valence-electron chi connectivity index (χ3n) is 5.06. The van der Waals surface area contributed by atoms with Crippen LogP contribution in [0.25, 0.3) is 0 Å². The van der Waals surface area contributed by atoms with Gasteiger partial charge in [-0.05, 0) is 43.5 Å². The summed E-state index contributed by atoms with van der Waals surface area (Å²) in [7, 11) is -3.71. The molecule has 0 aliphatic rings. The highest BCUT2D eigenvalue weighted by molar-refractivity contribution is 7.92. The van der Waals surface area contributed by atoms with E-state index < -0.39 is 22.0 Å². The Morgan fingerprint density at radius 2 is 1.61 bits per heavy atom. The van der Waals surface area contributed by atoms with Gasteiger partial charge in [0.05, 0.1) is 11.9 Å². The van der Waals surface area contributed by atoms with E-state index in [1.165, 1.54) is 4.90 Å². The van der Waals surface area contributed by atoms with Crippen molar-refractivity contribution in [2.45, 2.75) is 39.8 Å². The maximum absolute atomic E-state index is 13.4. The van der Waals surface area contributed by atoms with Crippen LogP contribution < -0.4 is 9.62 Å². The lowest BCUT2D eigenvalue weighted by molar-refractivity contribution is -0.140. The Labute approximate surface area is 185 Å². The molecule has 0 saturated carbocycles. The largest absolute Gasteiger partial charge is 0.355 e. The van der Waals surface area contributed by atoms with Crippen LogP contribution >= 0.6 is 0 Å². The number of rotatable bonds is 10. The summed E-state index contributed by atoms with van der Waals surface area (Å²) < 4.78 is 26.0. The van der Waals surface area contributed by atoms with Gasteiger partial charge in [-0.2, -0.15) is 0 Å². The Morgan fingerprint density at radius 3 is 2.16 bits per heavy atom. The van der Waals surface area contributed by atoms with E-state index in [2.05, 4.69) is 5.32 Å². The average Bonchev–Trinajstić information content (AvgIpc) is 2.73. The molecule has 0 radical (unpaired) electrons. The summed E-state index contributed by atoms with van der Waals surface area (Å²) in [6.07, 6.45) is 1.48. The zero-order chi connectivity index (χ0) is 23.0. The van der Waals surface area contributed by atoms with E-state index in [1.54, 1.807) is 30.3 Å². The highest BCUT2D eigenvalue weighted by Gasteiger charge is 2.31. The number of hydrogen-bond acceptors (Lipinski definition) is 4. The number of aryl methyl sites for hydroxylation is 1. The molecule has 31 heavy (non-hydrogen) atoms. The Morgan fingerprint density at radius 1 is 1.00 bits per heavy atom. The van der Waals surface area contributed by atoms with E-state index in [9.17, 15) is 18.0 Å². The molecule has 0 heterocycles. The van der Waals surface area contributed by atoms with Crippen molar-refractivity contribution >= 4 is 27.5 Å². The molecular weight excluding hydrogens is 414 g/mol. The highest BCUT2D eigenvalue weighted by atomic mass is 32.2. The van der Waals surface area contributed by atoms with Gasteiger partial charge in [0.2, 0.25) is 21.8 Å². The molecule has 2 amide bonds. The third-order valence-corrected chi connectivity index (χ3v) is 6.20. The van der Waals surface area contributed by atoms with E-state index in [0.29, 0.717) is 18.7 Å². The molecule has 2 aromatic carbocycles. The number of carbonyl (C=O) groups is 2. The minimum Gasteiger partial charge on any atom is -0.355 e. The fourth-order valence-electron chi connectivity index (χ4n) is 3.39. The number of carbonyl (C=O) groups excluding carboxylic acids is 2. The Balaban J connectivity index is 2.42.